The summed E-state index contributed by atoms with van der Waals surface area (Å²) < 4.78 is 6.35. The number of aromatic amines is 1. The third-order valence-corrected chi connectivity index (χ3v) is 5.11. The lowest BCUT2D eigenvalue weighted by Gasteiger charge is -2.30. The van der Waals surface area contributed by atoms with E-state index in [1.165, 1.54) is 18.4 Å². The van der Waals surface area contributed by atoms with Crippen LogP contribution in [0.3, 0.4) is 0 Å². The van der Waals surface area contributed by atoms with Gasteiger partial charge in [0.05, 0.1) is 11.7 Å². The minimum atomic E-state index is 0.270. The van der Waals surface area contributed by atoms with Crippen molar-refractivity contribution in [1.29, 1.82) is 0 Å². The Morgan fingerprint density at radius 2 is 2.08 bits per heavy atom. The fourth-order valence-electron chi connectivity index (χ4n) is 3.65. The monoisotopic (exact) mass is 336 g/mol. The first-order valence-electron chi connectivity index (χ1n) is 9.01. The highest BCUT2D eigenvalue weighted by atomic mass is 16.5. The summed E-state index contributed by atoms with van der Waals surface area (Å²) in [5, 5.41) is 11.9. The summed E-state index contributed by atoms with van der Waals surface area (Å²) in [6.07, 6.45) is 10.4. The van der Waals surface area contributed by atoms with Crippen molar-refractivity contribution in [3.8, 4) is 5.75 Å². The molecular weight excluding hydrogens is 312 g/mol. The molecule has 1 fully saturated rings. The second-order valence-electron chi connectivity index (χ2n) is 6.86. The summed E-state index contributed by atoms with van der Waals surface area (Å²) in [5.74, 6) is 0.980. The van der Waals surface area contributed by atoms with Crippen molar-refractivity contribution in [3.05, 3.63) is 54.0 Å². The molecule has 0 saturated heterocycles. The molecule has 4 rings (SSSR count). The summed E-state index contributed by atoms with van der Waals surface area (Å²) in [6, 6.07) is 8.74. The molecule has 1 aromatic carbocycles. The Hall–Kier alpha value is -2.40. The van der Waals surface area contributed by atoms with Crippen molar-refractivity contribution in [1.82, 2.24) is 20.5 Å². The Bertz CT molecular complexity index is 830. The van der Waals surface area contributed by atoms with Crippen LogP contribution in [-0.2, 0) is 6.54 Å². The topological polar surface area (TPSA) is 62.8 Å². The van der Waals surface area contributed by atoms with Gasteiger partial charge in [-0.15, -0.1) is 0 Å². The van der Waals surface area contributed by atoms with Gasteiger partial charge in [0, 0.05) is 35.9 Å². The van der Waals surface area contributed by atoms with Crippen LogP contribution >= 0.6 is 0 Å². The summed E-state index contributed by atoms with van der Waals surface area (Å²) in [4.78, 5) is 4.07. The molecule has 5 nitrogen and oxygen atoms in total. The van der Waals surface area contributed by atoms with Gasteiger partial charge in [0.1, 0.15) is 11.9 Å². The van der Waals surface area contributed by atoms with E-state index in [0.717, 1.165) is 41.6 Å². The normalized spacial score (nSPS) is 20.7. The van der Waals surface area contributed by atoms with Crippen LogP contribution in [0.2, 0.25) is 0 Å². The standard InChI is InChI=1S/C20H24N4O/c1-14-18-13-23-24-19(18)5-6-20(14)25-17-4-2-3-16(11-17)22-12-15-7-9-21-10-8-15/h5-10,13,16-17,22H,2-4,11-12H2,1H3,(H,23,24). The molecular formula is C20H24N4O. The van der Waals surface area contributed by atoms with Gasteiger partial charge >= 0.3 is 0 Å². The predicted molar refractivity (Wildman–Crippen MR) is 98.6 cm³/mol. The molecule has 0 aliphatic heterocycles. The highest BCUT2D eigenvalue weighted by Gasteiger charge is 2.23. The second-order valence-corrected chi connectivity index (χ2v) is 6.86. The molecule has 2 unspecified atom stereocenters. The van der Waals surface area contributed by atoms with Crippen LogP contribution in [0.5, 0.6) is 5.75 Å². The average Bonchev–Trinajstić information content (AvgIpc) is 3.13. The van der Waals surface area contributed by atoms with Crippen molar-refractivity contribution in [3.63, 3.8) is 0 Å². The molecule has 1 aliphatic rings. The minimum absolute atomic E-state index is 0.270. The van der Waals surface area contributed by atoms with Crippen LogP contribution in [0.15, 0.2) is 42.9 Å². The van der Waals surface area contributed by atoms with Crippen molar-refractivity contribution in [2.24, 2.45) is 0 Å². The SMILES string of the molecule is Cc1c(OC2CCCC(NCc3ccncc3)C2)ccc2[nH]ncc12. The molecule has 130 valence electrons. The molecule has 1 saturated carbocycles. The number of benzene rings is 1. The highest BCUT2D eigenvalue weighted by Crippen LogP contribution is 2.30. The largest absolute Gasteiger partial charge is 0.490 e. The zero-order valence-corrected chi connectivity index (χ0v) is 14.5. The maximum atomic E-state index is 6.35. The van der Waals surface area contributed by atoms with Crippen LogP contribution < -0.4 is 10.1 Å². The van der Waals surface area contributed by atoms with Gasteiger partial charge in [-0.25, -0.2) is 0 Å². The summed E-state index contributed by atoms with van der Waals surface area (Å²) in [6.45, 7) is 3.00. The van der Waals surface area contributed by atoms with E-state index in [9.17, 15) is 0 Å². The molecule has 3 aromatic rings. The Morgan fingerprint density at radius 3 is 2.96 bits per heavy atom. The number of fused-ring (bicyclic) bond motifs is 1. The average molecular weight is 336 g/mol. The first kappa shape index (κ1) is 16.1. The Balaban J connectivity index is 1.38. The molecule has 0 bridgehead atoms. The minimum Gasteiger partial charge on any atom is -0.490 e. The molecule has 0 spiro atoms. The number of hydrogen-bond acceptors (Lipinski definition) is 4. The fourth-order valence-corrected chi connectivity index (χ4v) is 3.65. The number of nitrogens with one attached hydrogen (secondary N) is 2. The molecule has 0 amide bonds. The zero-order chi connectivity index (χ0) is 17.1. The van der Waals surface area contributed by atoms with Gasteiger partial charge in [-0.2, -0.15) is 5.10 Å². The van der Waals surface area contributed by atoms with Crippen LogP contribution in [0, 0.1) is 6.92 Å². The van der Waals surface area contributed by atoms with Crippen molar-refractivity contribution < 1.29 is 4.74 Å². The zero-order valence-electron chi connectivity index (χ0n) is 14.5. The summed E-state index contributed by atoms with van der Waals surface area (Å²) in [5.41, 5.74) is 3.50. The van der Waals surface area contributed by atoms with Gasteiger partial charge in [-0.1, -0.05) is 0 Å². The molecule has 2 atom stereocenters. The maximum Gasteiger partial charge on any atom is 0.123 e. The van der Waals surface area contributed by atoms with E-state index in [4.69, 9.17) is 4.74 Å². The lowest BCUT2D eigenvalue weighted by molar-refractivity contribution is 0.133. The smallest absolute Gasteiger partial charge is 0.123 e. The molecule has 2 aromatic heterocycles. The molecule has 1 aliphatic carbocycles. The highest BCUT2D eigenvalue weighted by molar-refractivity contribution is 5.83. The number of H-pyrrole nitrogens is 1. The summed E-state index contributed by atoms with van der Waals surface area (Å²) in [7, 11) is 0. The van der Waals surface area contributed by atoms with Gasteiger partial charge in [-0.05, 0) is 62.4 Å². The van der Waals surface area contributed by atoms with E-state index in [1.54, 1.807) is 0 Å². The lowest BCUT2D eigenvalue weighted by Crippen LogP contribution is -2.37. The fraction of sp³-hybridized carbons (Fsp3) is 0.400. The molecule has 2 heterocycles. The van der Waals surface area contributed by atoms with Gasteiger partial charge < -0.3 is 10.1 Å². The van der Waals surface area contributed by atoms with Crippen molar-refractivity contribution in [2.75, 3.05) is 0 Å². The number of ether oxygens (including phenoxy) is 1. The molecule has 0 radical (unpaired) electrons. The second kappa shape index (κ2) is 7.23. The number of aryl methyl sites for hydroxylation is 1. The van der Waals surface area contributed by atoms with E-state index in [0.29, 0.717) is 6.04 Å². The first-order valence-corrected chi connectivity index (χ1v) is 9.01. The third kappa shape index (κ3) is 3.66. The Morgan fingerprint density at radius 1 is 1.20 bits per heavy atom. The van der Waals surface area contributed by atoms with E-state index in [1.807, 2.05) is 24.7 Å². The van der Waals surface area contributed by atoms with Crippen molar-refractivity contribution >= 4 is 10.9 Å². The van der Waals surface area contributed by atoms with Crippen LogP contribution in [0.25, 0.3) is 10.9 Å². The third-order valence-electron chi connectivity index (χ3n) is 5.11. The number of aromatic nitrogens is 3. The number of nitrogens with zero attached hydrogens (tertiary/aromatic N) is 2. The van der Waals surface area contributed by atoms with E-state index in [2.05, 4.69) is 45.6 Å². The van der Waals surface area contributed by atoms with Gasteiger partial charge in [-0.3, -0.25) is 10.1 Å². The van der Waals surface area contributed by atoms with E-state index in [-0.39, 0.29) is 6.10 Å². The van der Waals surface area contributed by atoms with Gasteiger partial charge in [0.2, 0.25) is 0 Å². The van der Waals surface area contributed by atoms with Crippen molar-refractivity contribution in [2.45, 2.75) is 51.3 Å². The first-order chi connectivity index (χ1) is 12.3. The molecule has 25 heavy (non-hydrogen) atoms. The predicted octanol–water partition coefficient (Wildman–Crippen LogP) is 3.75. The Kier molecular flexibility index (Phi) is 4.65. The van der Waals surface area contributed by atoms with E-state index < -0.39 is 0 Å². The van der Waals surface area contributed by atoms with Gasteiger partial charge in [0.15, 0.2) is 0 Å². The summed E-state index contributed by atoms with van der Waals surface area (Å²) >= 11 is 0. The van der Waals surface area contributed by atoms with Crippen LogP contribution in [0.4, 0.5) is 0 Å². The number of pyridine rings is 1. The van der Waals surface area contributed by atoms with E-state index >= 15 is 0 Å². The molecule has 5 heteroatoms. The maximum absolute atomic E-state index is 6.35. The molecule has 2 N–H and O–H groups in total. The van der Waals surface area contributed by atoms with Gasteiger partial charge in [0.25, 0.3) is 0 Å². The lowest BCUT2D eigenvalue weighted by atomic mass is 9.92. The quantitative estimate of drug-likeness (QED) is 0.745. The van der Waals surface area contributed by atoms with Crippen LogP contribution in [-0.4, -0.2) is 27.3 Å². The Labute approximate surface area is 147 Å². The number of hydrogen-bond donors (Lipinski definition) is 2. The van der Waals surface area contributed by atoms with Crippen LogP contribution in [0.1, 0.15) is 36.8 Å². The number of rotatable bonds is 5.